The van der Waals surface area contributed by atoms with Gasteiger partial charge in [-0.3, -0.25) is 14.9 Å². The van der Waals surface area contributed by atoms with Gasteiger partial charge in [-0.05, 0) is 38.0 Å². The van der Waals surface area contributed by atoms with Crippen LogP contribution >= 0.6 is 11.3 Å². The van der Waals surface area contributed by atoms with Crippen LogP contribution in [0.15, 0.2) is 34.5 Å². The molecular weight excluding hydrogens is 402 g/mol. The van der Waals surface area contributed by atoms with Gasteiger partial charge in [0.15, 0.2) is 0 Å². The Hall–Kier alpha value is -2.30. The van der Waals surface area contributed by atoms with Gasteiger partial charge >= 0.3 is 0 Å². The van der Waals surface area contributed by atoms with E-state index < -0.39 is 14.9 Å². The van der Waals surface area contributed by atoms with E-state index in [9.17, 15) is 23.3 Å². The van der Waals surface area contributed by atoms with Crippen molar-refractivity contribution in [2.45, 2.75) is 36.8 Å². The zero-order chi connectivity index (χ0) is 20.3. The Morgan fingerprint density at radius 2 is 1.93 bits per heavy atom. The fourth-order valence-electron chi connectivity index (χ4n) is 3.07. The van der Waals surface area contributed by atoms with Gasteiger partial charge in [0, 0.05) is 35.3 Å². The molecule has 1 aliphatic rings. The van der Waals surface area contributed by atoms with Crippen LogP contribution in [0.4, 0.5) is 11.4 Å². The first kappa shape index (κ1) is 20.4. The molecule has 2 aromatic rings. The Balaban J connectivity index is 1.67. The van der Waals surface area contributed by atoms with Gasteiger partial charge in [0.05, 0.1) is 11.3 Å². The van der Waals surface area contributed by atoms with Crippen molar-refractivity contribution < 1.29 is 18.1 Å². The number of nitrogens with one attached hydrogen (secondary N) is 1. The van der Waals surface area contributed by atoms with Crippen LogP contribution in [0, 0.1) is 17.0 Å². The summed E-state index contributed by atoms with van der Waals surface area (Å²) in [6.07, 6.45) is 2.77. The number of anilines is 1. The third-order valence-electron chi connectivity index (χ3n) is 4.57. The number of rotatable bonds is 6. The number of sulfonamides is 1. The molecule has 10 heteroatoms. The highest BCUT2D eigenvalue weighted by atomic mass is 32.2. The summed E-state index contributed by atoms with van der Waals surface area (Å²) in [6, 6.07) is 7.66. The van der Waals surface area contributed by atoms with E-state index in [0.717, 1.165) is 30.6 Å². The largest absolute Gasteiger partial charge is 0.326 e. The second kappa shape index (κ2) is 8.38. The summed E-state index contributed by atoms with van der Waals surface area (Å²) in [5.41, 5.74) is 0.776. The highest BCUT2D eigenvalue weighted by Gasteiger charge is 2.27. The fraction of sp³-hybridized carbons (Fsp3) is 0.389. The molecule has 0 bridgehead atoms. The van der Waals surface area contributed by atoms with Gasteiger partial charge in [0.1, 0.15) is 4.21 Å². The Morgan fingerprint density at radius 3 is 2.61 bits per heavy atom. The first-order chi connectivity index (χ1) is 13.3. The summed E-state index contributed by atoms with van der Waals surface area (Å²) in [4.78, 5) is 23.4. The number of carbonyl (C=O) groups is 1. The Kier molecular flexibility index (Phi) is 6.11. The minimum Gasteiger partial charge on any atom is -0.326 e. The van der Waals surface area contributed by atoms with Crippen molar-refractivity contribution >= 4 is 38.6 Å². The van der Waals surface area contributed by atoms with Crippen LogP contribution in [0.3, 0.4) is 0 Å². The van der Waals surface area contributed by atoms with Gasteiger partial charge < -0.3 is 5.32 Å². The molecule has 0 radical (unpaired) electrons. The maximum Gasteiger partial charge on any atom is 0.274 e. The number of nitro groups is 1. The van der Waals surface area contributed by atoms with E-state index in [0.29, 0.717) is 29.2 Å². The molecule has 28 heavy (non-hydrogen) atoms. The van der Waals surface area contributed by atoms with Crippen LogP contribution in [-0.2, 0) is 21.2 Å². The van der Waals surface area contributed by atoms with Gasteiger partial charge in [0.25, 0.3) is 15.7 Å². The summed E-state index contributed by atoms with van der Waals surface area (Å²) in [7, 11) is -3.51. The second-order valence-corrected chi connectivity index (χ2v) is 10.0. The summed E-state index contributed by atoms with van der Waals surface area (Å²) in [6.45, 7) is 2.68. The molecule has 1 amide bonds. The minimum absolute atomic E-state index is 0.00185. The van der Waals surface area contributed by atoms with Crippen molar-refractivity contribution in [3.05, 3.63) is 50.9 Å². The Labute approximate surface area is 167 Å². The molecule has 150 valence electrons. The third-order valence-corrected chi connectivity index (χ3v) is 8.02. The van der Waals surface area contributed by atoms with E-state index >= 15 is 0 Å². The number of hydrogen-bond acceptors (Lipinski definition) is 6. The molecule has 0 saturated carbocycles. The summed E-state index contributed by atoms with van der Waals surface area (Å²) in [5, 5.41) is 13.6. The van der Waals surface area contributed by atoms with Crippen molar-refractivity contribution in [3.63, 3.8) is 0 Å². The zero-order valence-electron chi connectivity index (χ0n) is 15.4. The quantitative estimate of drug-likeness (QED) is 0.566. The highest BCUT2D eigenvalue weighted by Crippen LogP contribution is 2.28. The summed E-state index contributed by atoms with van der Waals surface area (Å²) in [5.74, 6) is -0.359. The highest BCUT2D eigenvalue weighted by molar-refractivity contribution is 7.91. The predicted octanol–water partition coefficient (Wildman–Crippen LogP) is 3.32. The molecule has 0 spiro atoms. The van der Waals surface area contributed by atoms with E-state index in [2.05, 4.69) is 5.32 Å². The monoisotopic (exact) mass is 423 g/mol. The van der Waals surface area contributed by atoms with Crippen LogP contribution in [0.1, 0.15) is 29.7 Å². The number of thiophene rings is 1. The lowest BCUT2D eigenvalue weighted by atomic mass is 10.2. The van der Waals surface area contributed by atoms with Crippen molar-refractivity contribution in [2.24, 2.45) is 0 Å². The maximum atomic E-state index is 12.7. The van der Waals surface area contributed by atoms with Gasteiger partial charge in [-0.1, -0.05) is 12.5 Å². The van der Waals surface area contributed by atoms with Crippen LogP contribution in [-0.4, -0.2) is 36.6 Å². The van der Waals surface area contributed by atoms with Crippen LogP contribution < -0.4 is 5.32 Å². The molecule has 1 aliphatic heterocycles. The Bertz CT molecular complexity index is 994. The molecule has 1 aromatic carbocycles. The number of hydrogen-bond donors (Lipinski definition) is 1. The van der Waals surface area contributed by atoms with E-state index in [-0.39, 0.29) is 22.2 Å². The molecule has 1 N–H and O–H groups in total. The van der Waals surface area contributed by atoms with E-state index in [1.54, 1.807) is 25.1 Å². The van der Waals surface area contributed by atoms with Crippen LogP contribution in [0.2, 0.25) is 0 Å². The number of nitrogens with zero attached hydrogens (tertiary/aromatic N) is 2. The van der Waals surface area contributed by atoms with Gasteiger partial charge in [-0.15, -0.1) is 11.3 Å². The molecular formula is C18H21N3O5S2. The van der Waals surface area contributed by atoms with Crippen molar-refractivity contribution in [1.29, 1.82) is 0 Å². The number of nitro benzene ring substituents is 1. The summed E-state index contributed by atoms with van der Waals surface area (Å²) < 4.78 is 27.1. The van der Waals surface area contributed by atoms with E-state index in [1.807, 2.05) is 0 Å². The van der Waals surface area contributed by atoms with Crippen molar-refractivity contribution in [3.8, 4) is 0 Å². The van der Waals surface area contributed by atoms with Gasteiger partial charge in [-0.2, -0.15) is 4.31 Å². The number of aryl methyl sites for hydroxylation is 1. The number of benzene rings is 1. The average molecular weight is 424 g/mol. The lowest BCUT2D eigenvalue weighted by Crippen LogP contribution is -2.35. The number of piperidine rings is 1. The second-order valence-electron chi connectivity index (χ2n) is 6.67. The molecule has 1 saturated heterocycles. The lowest BCUT2D eigenvalue weighted by Gasteiger charge is -2.25. The van der Waals surface area contributed by atoms with Crippen molar-refractivity contribution in [2.75, 3.05) is 18.4 Å². The topological polar surface area (TPSA) is 110 Å². The fourth-order valence-corrected chi connectivity index (χ4v) is 6.10. The lowest BCUT2D eigenvalue weighted by molar-refractivity contribution is -0.385. The van der Waals surface area contributed by atoms with Gasteiger partial charge in [0.2, 0.25) is 5.91 Å². The SMILES string of the molecule is Cc1ccc(NC(=O)Cc2ccc(S(=O)(=O)N3CCCCC3)s2)cc1[N+](=O)[O-]. The molecule has 2 heterocycles. The third kappa shape index (κ3) is 4.57. The average Bonchev–Trinajstić information content (AvgIpc) is 3.13. The maximum absolute atomic E-state index is 12.7. The summed E-state index contributed by atoms with van der Waals surface area (Å²) >= 11 is 1.08. The molecule has 0 atom stereocenters. The number of amides is 1. The molecule has 8 nitrogen and oxygen atoms in total. The minimum atomic E-state index is -3.51. The first-order valence-corrected chi connectivity index (χ1v) is 11.2. The van der Waals surface area contributed by atoms with E-state index in [1.165, 1.54) is 16.4 Å². The molecule has 1 fully saturated rings. The van der Waals surface area contributed by atoms with Crippen LogP contribution in [0.5, 0.6) is 0 Å². The molecule has 1 aromatic heterocycles. The van der Waals surface area contributed by atoms with Gasteiger partial charge in [-0.25, -0.2) is 8.42 Å². The standard InChI is InChI=1S/C18H21N3O5S2/c1-13-5-6-14(11-16(13)21(23)24)19-17(22)12-15-7-8-18(27-15)28(25,26)20-9-3-2-4-10-20/h5-8,11H,2-4,9-10,12H2,1H3,(H,19,22). The molecule has 0 aliphatic carbocycles. The normalized spacial score (nSPS) is 15.3. The number of carbonyl (C=O) groups excluding carboxylic acids is 1. The zero-order valence-corrected chi connectivity index (χ0v) is 17.0. The van der Waals surface area contributed by atoms with Crippen molar-refractivity contribution in [1.82, 2.24) is 4.31 Å². The smallest absolute Gasteiger partial charge is 0.274 e. The Morgan fingerprint density at radius 1 is 1.21 bits per heavy atom. The van der Waals surface area contributed by atoms with E-state index in [4.69, 9.17) is 0 Å². The predicted molar refractivity (Wildman–Crippen MR) is 107 cm³/mol. The molecule has 3 rings (SSSR count). The molecule has 0 unspecified atom stereocenters. The first-order valence-electron chi connectivity index (χ1n) is 8.91. The van der Waals surface area contributed by atoms with Crippen LogP contribution in [0.25, 0.3) is 0 Å².